The third-order valence-corrected chi connectivity index (χ3v) is 5.59. The number of H-pyrrole nitrogens is 1. The fourth-order valence-corrected chi connectivity index (χ4v) is 4.12. The lowest BCUT2D eigenvalue weighted by atomic mass is 9.93. The summed E-state index contributed by atoms with van der Waals surface area (Å²) in [5.74, 6) is 0.596. The van der Waals surface area contributed by atoms with Gasteiger partial charge in [-0.25, -0.2) is 4.98 Å². The van der Waals surface area contributed by atoms with Gasteiger partial charge in [-0.3, -0.25) is 4.79 Å². The summed E-state index contributed by atoms with van der Waals surface area (Å²) in [6, 6.07) is 8.68. The molecule has 0 spiro atoms. The largest absolute Gasteiger partial charge is 0.361 e. The van der Waals surface area contributed by atoms with Crippen molar-refractivity contribution in [3.05, 3.63) is 54.2 Å². The van der Waals surface area contributed by atoms with Crippen LogP contribution in [0.2, 0.25) is 0 Å². The number of aromatic nitrogens is 3. The van der Waals surface area contributed by atoms with Crippen molar-refractivity contribution in [3.63, 3.8) is 0 Å². The van der Waals surface area contributed by atoms with Crippen LogP contribution in [0.5, 0.6) is 0 Å². The number of aryl methyl sites for hydroxylation is 1. The standard InChI is InChI=1S/C21H26N4O/c1-24-14-12-22-20(24)21(26)25(17-7-3-2-4-8-17)13-11-16-15-23-19-10-6-5-9-18(16)19/h5-6,9-10,12,14-15,17,23H,2-4,7-8,11,13H2,1H3. The van der Waals surface area contributed by atoms with Crippen molar-refractivity contribution in [2.45, 2.75) is 44.6 Å². The van der Waals surface area contributed by atoms with E-state index in [1.165, 1.54) is 30.2 Å². The van der Waals surface area contributed by atoms with E-state index < -0.39 is 0 Å². The van der Waals surface area contributed by atoms with Gasteiger partial charge in [0.05, 0.1) is 0 Å². The number of imidazole rings is 1. The second-order valence-corrected chi connectivity index (χ2v) is 7.26. The molecule has 1 N–H and O–H groups in total. The van der Waals surface area contributed by atoms with E-state index >= 15 is 0 Å². The molecule has 0 unspecified atom stereocenters. The number of nitrogens with zero attached hydrogens (tertiary/aromatic N) is 3. The number of carbonyl (C=O) groups is 1. The molecule has 1 aliphatic rings. The lowest BCUT2D eigenvalue weighted by Crippen LogP contribution is -2.43. The van der Waals surface area contributed by atoms with E-state index in [0.29, 0.717) is 11.9 Å². The first-order valence-electron chi connectivity index (χ1n) is 9.57. The highest BCUT2D eigenvalue weighted by atomic mass is 16.2. The van der Waals surface area contributed by atoms with Gasteiger partial charge in [-0.05, 0) is 30.9 Å². The van der Waals surface area contributed by atoms with Crippen molar-refractivity contribution in [2.24, 2.45) is 7.05 Å². The smallest absolute Gasteiger partial charge is 0.290 e. The number of carbonyl (C=O) groups excluding carboxylic acids is 1. The zero-order valence-corrected chi connectivity index (χ0v) is 15.3. The molecule has 0 radical (unpaired) electrons. The Kier molecular flexibility index (Phi) is 4.78. The van der Waals surface area contributed by atoms with Gasteiger partial charge in [0.15, 0.2) is 5.82 Å². The molecule has 1 saturated carbocycles. The summed E-state index contributed by atoms with van der Waals surface area (Å²) in [5, 5.41) is 1.25. The van der Waals surface area contributed by atoms with Crippen LogP contribution in [-0.4, -0.2) is 37.9 Å². The van der Waals surface area contributed by atoms with Gasteiger partial charge < -0.3 is 14.5 Å². The van der Waals surface area contributed by atoms with Crippen molar-refractivity contribution < 1.29 is 4.79 Å². The summed E-state index contributed by atoms with van der Waals surface area (Å²) in [6.07, 6.45) is 12.4. The van der Waals surface area contributed by atoms with Gasteiger partial charge >= 0.3 is 0 Å². The first kappa shape index (κ1) is 16.9. The maximum atomic E-state index is 13.2. The molecule has 3 aromatic rings. The highest BCUT2D eigenvalue weighted by Crippen LogP contribution is 2.25. The molecule has 2 heterocycles. The van der Waals surface area contributed by atoms with Gasteiger partial charge in [-0.1, -0.05) is 37.5 Å². The van der Waals surface area contributed by atoms with Crippen LogP contribution in [0.4, 0.5) is 0 Å². The average Bonchev–Trinajstić information content (AvgIpc) is 3.29. The third-order valence-electron chi connectivity index (χ3n) is 5.59. The normalized spacial score (nSPS) is 15.4. The van der Waals surface area contributed by atoms with Gasteiger partial charge in [0.2, 0.25) is 0 Å². The average molecular weight is 350 g/mol. The lowest BCUT2D eigenvalue weighted by Gasteiger charge is -2.34. The Morgan fingerprint density at radius 3 is 2.85 bits per heavy atom. The van der Waals surface area contributed by atoms with Crippen LogP contribution in [0.1, 0.15) is 48.3 Å². The maximum Gasteiger partial charge on any atom is 0.290 e. The molecular formula is C21H26N4O. The van der Waals surface area contributed by atoms with E-state index in [9.17, 15) is 4.79 Å². The van der Waals surface area contributed by atoms with Crippen molar-refractivity contribution in [1.82, 2.24) is 19.4 Å². The molecule has 0 aliphatic heterocycles. The predicted octanol–water partition coefficient (Wildman–Crippen LogP) is 3.92. The van der Waals surface area contributed by atoms with Gasteiger partial charge in [0, 0.05) is 49.1 Å². The number of aromatic amines is 1. The Morgan fingerprint density at radius 1 is 1.27 bits per heavy atom. The summed E-state index contributed by atoms with van der Waals surface area (Å²) in [7, 11) is 1.89. The number of fused-ring (bicyclic) bond motifs is 1. The second kappa shape index (κ2) is 7.36. The quantitative estimate of drug-likeness (QED) is 0.758. The van der Waals surface area contributed by atoms with Gasteiger partial charge in [0.1, 0.15) is 0 Å². The first-order valence-corrected chi connectivity index (χ1v) is 9.57. The summed E-state index contributed by atoms with van der Waals surface area (Å²) in [6.45, 7) is 0.734. The van der Waals surface area contributed by atoms with E-state index in [1.807, 2.05) is 23.9 Å². The Labute approximate surface area is 154 Å². The van der Waals surface area contributed by atoms with E-state index in [1.54, 1.807) is 6.20 Å². The minimum Gasteiger partial charge on any atom is -0.361 e. The second-order valence-electron chi connectivity index (χ2n) is 7.26. The Bertz CT molecular complexity index is 888. The Morgan fingerprint density at radius 2 is 2.08 bits per heavy atom. The fraction of sp³-hybridized carbons (Fsp3) is 0.429. The SMILES string of the molecule is Cn1ccnc1C(=O)N(CCc1c[nH]c2ccccc12)C1CCCCC1. The Balaban J connectivity index is 1.56. The summed E-state index contributed by atoms with van der Waals surface area (Å²) in [4.78, 5) is 22.9. The molecule has 136 valence electrons. The number of rotatable bonds is 5. The summed E-state index contributed by atoms with van der Waals surface area (Å²) in [5.41, 5.74) is 2.43. The zero-order valence-electron chi connectivity index (χ0n) is 15.3. The molecule has 1 aliphatic carbocycles. The van der Waals surface area contributed by atoms with Crippen LogP contribution in [0.3, 0.4) is 0 Å². The van der Waals surface area contributed by atoms with Gasteiger partial charge in [-0.2, -0.15) is 0 Å². The van der Waals surface area contributed by atoms with Gasteiger partial charge in [-0.15, -0.1) is 0 Å². The van der Waals surface area contributed by atoms with Crippen LogP contribution in [0.25, 0.3) is 10.9 Å². The van der Waals surface area contributed by atoms with Crippen LogP contribution < -0.4 is 0 Å². The number of hydrogen-bond acceptors (Lipinski definition) is 2. The summed E-state index contributed by atoms with van der Waals surface area (Å²) < 4.78 is 1.82. The van der Waals surface area contributed by atoms with Crippen LogP contribution in [0, 0.1) is 0 Å². The monoisotopic (exact) mass is 350 g/mol. The van der Waals surface area contributed by atoms with Crippen molar-refractivity contribution in [1.29, 1.82) is 0 Å². The molecule has 2 aromatic heterocycles. The first-order chi connectivity index (χ1) is 12.7. The number of hydrogen-bond donors (Lipinski definition) is 1. The molecule has 0 saturated heterocycles. The number of benzene rings is 1. The van der Waals surface area contributed by atoms with Crippen molar-refractivity contribution in [2.75, 3.05) is 6.54 Å². The molecular weight excluding hydrogens is 324 g/mol. The van der Waals surface area contributed by atoms with E-state index in [0.717, 1.165) is 31.3 Å². The molecule has 5 heteroatoms. The van der Waals surface area contributed by atoms with Crippen LogP contribution in [0.15, 0.2) is 42.9 Å². The molecule has 5 nitrogen and oxygen atoms in total. The Hall–Kier alpha value is -2.56. The van der Waals surface area contributed by atoms with E-state index in [-0.39, 0.29) is 5.91 Å². The van der Waals surface area contributed by atoms with E-state index in [4.69, 9.17) is 0 Å². The molecule has 1 fully saturated rings. The van der Waals surface area contributed by atoms with Crippen molar-refractivity contribution >= 4 is 16.8 Å². The highest BCUT2D eigenvalue weighted by molar-refractivity contribution is 5.91. The molecule has 0 bridgehead atoms. The number of nitrogens with one attached hydrogen (secondary N) is 1. The third kappa shape index (κ3) is 3.26. The molecule has 1 amide bonds. The lowest BCUT2D eigenvalue weighted by molar-refractivity contribution is 0.0621. The van der Waals surface area contributed by atoms with Crippen molar-refractivity contribution in [3.8, 4) is 0 Å². The van der Waals surface area contributed by atoms with Crippen LogP contribution >= 0.6 is 0 Å². The topological polar surface area (TPSA) is 53.9 Å². The molecule has 26 heavy (non-hydrogen) atoms. The fourth-order valence-electron chi connectivity index (χ4n) is 4.12. The molecule has 1 aromatic carbocycles. The minimum absolute atomic E-state index is 0.0595. The molecule has 4 rings (SSSR count). The summed E-state index contributed by atoms with van der Waals surface area (Å²) >= 11 is 0. The number of amides is 1. The minimum atomic E-state index is 0.0595. The number of para-hydroxylation sites is 1. The molecule has 0 atom stereocenters. The zero-order chi connectivity index (χ0) is 17.9. The van der Waals surface area contributed by atoms with Gasteiger partial charge in [0.25, 0.3) is 5.91 Å². The van der Waals surface area contributed by atoms with Crippen LogP contribution in [-0.2, 0) is 13.5 Å². The predicted molar refractivity (Wildman–Crippen MR) is 103 cm³/mol. The van der Waals surface area contributed by atoms with E-state index in [2.05, 4.69) is 39.3 Å². The maximum absolute atomic E-state index is 13.2. The highest BCUT2D eigenvalue weighted by Gasteiger charge is 2.28.